The molecule has 2 heterocycles. The summed E-state index contributed by atoms with van der Waals surface area (Å²) in [6, 6.07) is 0.654. The van der Waals surface area contributed by atoms with E-state index in [1.807, 2.05) is 19.2 Å². The number of nitrogens with zero attached hydrogens (tertiary/aromatic N) is 1. The third kappa shape index (κ3) is 2.89. The van der Waals surface area contributed by atoms with Crippen molar-refractivity contribution < 1.29 is 14.7 Å². The van der Waals surface area contributed by atoms with Crippen molar-refractivity contribution >= 4 is 23.3 Å². The first-order chi connectivity index (χ1) is 9.00. The summed E-state index contributed by atoms with van der Waals surface area (Å²) in [4.78, 5) is 26.0. The number of hydrogen-bond donors (Lipinski definition) is 2. The second-order valence-corrected chi connectivity index (χ2v) is 6.06. The fraction of sp³-hybridized carbons (Fsp3) is 0.538. The van der Waals surface area contributed by atoms with Crippen LogP contribution in [0, 0.1) is 5.92 Å². The van der Waals surface area contributed by atoms with Gasteiger partial charge in [-0.2, -0.15) is 0 Å². The van der Waals surface area contributed by atoms with Crippen molar-refractivity contribution in [1.29, 1.82) is 0 Å². The number of carboxylic acids is 1. The minimum Gasteiger partial charge on any atom is -0.479 e. The van der Waals surface area contributed by atoms with Crippen molar-refractivity contribution in [2.45, 2.75) is 26.3 Å². The van der Waals surface area contributed by atoms with Crippen LogP contribution in [0.3, 0.4) is 0 Å². The molecule has 2 rings (SSSR count). The molecule has 104 valence electrons. The van der Waals surface area contributed by atoms with Crippen molar-refractivity contribution in [3.8, 4) is 0 Å². The SMILES string of the molecule is CC(C)CNC(=O)N1CCc2sccc2C1C(=O)O. The van der Waals surface area contributed by atoms with E-state index in [2.05, 4.69) is 5.32 Å². The van der Waals surface area contributed by atoms with Crippen LogP contribution < -0.4 is 5.32 Å². The summed E-state index contributed by atoms with van der Waals surface area (Å²) >= 11 is 1.56. The first kappa shape index (κ1) is 13.9. The molecule has 0 fully saturated rings. The van der Waals surface area contributed by atoms with Crippen LogP contribution in [-0.2, 0) is 11.2 Å². The zero-order valence-electron chi connectivity index (χ0n) is 11.0. The van der Waals surface area contributed by atoms with E-state index in [0.29, 0.717) is 19.0 Å². The van der Waals surface area contributed by atoms with Gasteiger partial charge in [-0.15, -0.1) is 11.3 Å². The van der Waals surface area contributed by atoms with Crippen molar-refractivity contribution in [2.24, 2.45) is 5.92 Å². The van der Waals surface area contributed by atoms with E-state index in [1.54, 1.807) is 17.4 Å². The van der Waals surface area contributed by atoms with Gasteiger partial charge in [0.05, 0.1) is 0 Å². The number of amides is 2. The molecule has 2 amide bonds. The van der Waals surface area contributed by atoms with E-state index < -0.39 is 12.0 Å². The minimum absolute atomic E-state index is 0.294. The first-order valence-electron chi connectivity index (χ1n) is 6.34. The maximum absolute atomic E-state index is 12.1. The van der Waals surface area contributed by atoms with Crippen LogP contribution >= 0.6 is 11.3 Å². The van der Waals surface area contributed by atoms with Gasteiger partial charge in [-0.1, -0.05) is 13.8 Å². The quantitative estimate of drug-likeness (QED) is 0.892. The molecular formula is C13H18N2O3S. The van der Waals surface area contributed by atoms with Crippen LogP contribution in [-0.4, -0.2) is 35.1 Å². The van der Waals surface area contributed by atoms with Crippen LogP contribution in [0.5, 0.6) is 0 Å². The number of nitrogens with one attached hydrogen (secondary N) is 1. The maximum Gasteiger partial charge on any atom is 0.331 e. The molecule has 1 aliphatic rings. The van der Waals surface area contributed by atoms with Crippen LogP contribution in [0.4, 0.5) is 4.79 Å². The van der Waals surface area contributed by atoms with Gasteiger partial charge in [0.1, 0.15) is 0 Å². The van der Waals surface area contributed by atoms with Gasteiger partial charge >= 0.3 is 12.0 Å². The van der Waals surface area contributed by atoms with Gasteiger partial charge in [-0.25, -0.2) is 9.59 Å². The monoisotopic (exact) mass is 282 g/mol. The molecule has 1 atom stereocenters. The molecule has 0 spiro atoms. The highest BCUT2D eigenvalue weighted by molar-refractivity contribution is 7.10. The van der Waals surface area contributed by atoms with Gasteiger partial charge in [-0.3, -0.25) is 0 Å². The zero-order chi connectivity index (χ0) is 14.0. The molecule has 0 saturated carbocycles. The highest BCUT2D eigenvalue weighted by Gasteiger charge is 2.36. The summed E-state index contributed by atoms with van der Waals surface area (Å²) in [5.41, 5.74) is 0.753. The summed E-state index contributed by atoms with van der Waals surface area (Å²) < 4.78 is 0. The Morgan fingerprint density at radius 2 is 2.32 bits per heavy atom. The van der Waals surface area contributed by atoms with E-state index >= 15 is 0 Å². The standard InChI is InChI=1S/C13H18N2O3S/c1-8(2)7-14-13(18)15-5-3-10-9(4-6-19-10)11(15)12(16)17/h4,6,8,11H,3,5,7H2,1-2H3,(H,14,18)(H,16,17). The molecule has 19 heavy (non-hydrogen) atoms. The van der Waals surface area contributed by atoms with E-state index in [4.69, 9.17) is 0 Å². The third-order valence-electron chi connectivity index (χ3n) is 3.12. The Labute approximate surface area is 116 Å². The fourth-order valence-electron chi connectivity index (χ4n) is 2.19. The Morgan fingerprint density at radius 3 is 2.95 bits per heavy atom. The van der Waals surface area contributed by atoms with Gasteiger partial charge in [0, 0.05) is 18.0 Å². The lowest BCUT2D eigenvalue weighted by molar-refractivity contribution is -0.142. The highest BCUT2D eigenvalue weighted by atomic mass is 32.1. The Bertz CT molecular complexity index is 484. The topological polar surface area (TPSA) is 69.6 Å². The molecule has 0 radical (unpaired) electrons. The summed E-state index contributed by atoms with van der Waals surface area (Å²) in [5.74, 6) is -0.632. The van der Waals surface area contributed by atoms with Gasteiger partial charge in [0.2, 0.25) is 0 Å². The molecule has 1 unspecified atom stereocenters. The minimum atomic E-state index is -0.973. The Morgan fingerprint density at radius 1 is 1.58 bits per heavy atom. The number of fused-ring (bicyclic) bond motifs is 1. The lowest BCUT2D eigenvalue weighted by atomic mass is 10.0. The van der Waals surface area contributed by atoms with E-state index in [1.165, 1.54) is 4.90 Å². The Kier molecular flexibility index (Phi) is 4.09. The Hall–Kier alpha value is -1.56. The second-order valence-electron chi connectivity index (χ2n) is 5.06. The zero-order valence-corrected chi connectivity index (χ0v) is 11.9. The molecule has 0 bridgehead atoms. The summed E-state index contributed by atoms with van der Waals surface area (Å²) in [6.07, 6.45) is 0.728. The molecule has 0 aliphatic carbocycles. The molecule has 6 heteroatoms. The number of carboxylic acid groups (broad SMARTS) is 1. The molecule has 1 aromatic heterocycles. The first-order valence-corrected chi connectivity index (χ1v) is 7.22. The number of urea groups is 1. The normalized spacial score (nSPS) is 18.3. The lowest BCUT2D eigenvalue weighted by Crippen LogP contribution is -2.48. The van der Waals surface area contributed by atoms with Crippen molar-refractivity contribution in [3.63, 3.8) is 0 Å². The van der Waals surface area contributed by atoms with E-state index in [9.17, 15) is 14.7 Å². The smallest absolute Gasteiger partial charge is 0.331 e. The molecule has 5 nitrogen and oxygen atoms in total. The average Bonchev–Trinajstić information content (AvgIpc) is 2.82. The predicted molar refractivity (Wildman–Crippen MR) is 73.3 cm³/mol. The number of thiophene rings is 1. The van der Waals surface area contributed by atoms with Crippen LogP contribution in [0.15, 0.2) is 11.4 Å². The number of hydrogen-bond acceptors (Lipinski definition) is 3. The van der Waals surface area contributed by atoms with Gasteiger partial charge in [0.15, 0.2) is 6.04 Å². The molecular weight excluding hydrogens is 264 g/mol. The predicted octanol–water partition coefficient (Wildman–Crippen LogP) is 2.10. The average molecular weight is 282 g/mol. The number of aliphatic carboxylic acids is 1. The van der Waals surface area contributed by atoms with E-state index in [0.717, 1.165) is 16.9 Å². The molecule has 1 aliphatic heterocycles. The van der Waals surface area contributed by atoms with Crippen molar-refractivity contribution in [1.82, 2.24) is 10.2 Å². The highest BCUT2D eigenvalue weighted by Crippen LogP contribution is 2.33. The number of rotatable bonds is 3. The third-order valence-corrected chi connectivity index (χ3v) is 4.12. The number of carbonyl (C=O) groups is 2. The maximum atomic E-state index is 12.1. The second kappa shape index (κ2) is 5.61. The molecule has 1 aromatic rings. The van der Waals surface area contributed by atoms with Crippen molar-refractivity contribution in [3.05, 3.63) is 21.9 Å². The Balaban J connectivity index is 2.17. The summed E-state index contributed by atoms with van der Waals surface area (Å²) in [6.45, 7) is 5.01. The largest absolute Gasteiger partial charge is 0.479 e. The van der Waals surface area contributed by atoms with Crippen LogP contribution in [0.25, 0.3) is 0 Å². The molecule has 2 N–H and O–H groups in total. The van der Waals surface area contributed by atoms with Crippen LogP contribution in [0.2, 0.25) is 0 Å². The fourth-order valence-corrected chi connectivity index (χ4v) is 3.10. The van der Waals surface area contributed by atoms with Crippen molar-refractivity contribution in [2.75, 3.05) is 13.1 Å². The van der Waals surface area contributed by atoms with Gasteiger partial charge in [0.25, 0.3) is 0 Å². The van der Waals surface area contributed by atoms with Crippen LogP contribution in [0.1, 0.15) is 30.3 Å². The molecule has 0 aromatic carbocycles. The van der Waals surface area contributed by atoms with Gasteiger partial charge < -0.3 is 15.3 Å². The summed E-state index contributed by atoms with van der Waals surface area (Å²) in [7, 11) is 0. The van der Waals surface area contributed by atoms with Gasteiger partial charge in [-0.05, 0) is 29.3 Å². The summed E-state index contributed by atoms with van der Waals surface area (Å²) in [5, 5.41) is 14.1. The van der Waals surface area contributed by atoms with E-state index in [-0.39, 0.29) is 6.03 Å². The number of carbonyl (C=O) groups excluding carboxylic acids is 1. The lowest BCUT2D eigenvalue weighted by Gasteiger charge is -2.33. The molecule has 0 saturated heterocycles.